The van der Waals surface area contributed by atoms with Gasteiger partial charge in [0, 0.05) is 25.8 Å². The van der Waals surface area contributed by atoms with Crippen molar-refractivity contribution in [3.05, 3.63) is 101 Å². The van der Waals surface area contributed by atoms with Crippen LogP contribution in [-0.2, 0) is 32.1 Å². The molecule has 2 aromatic rings. The third-order valence-electron chi connectivity index (χ3n) is 6.77. The van der Waals surface area contributed by atoms with Gasteiger partial charge in [0.1, 0.15) is 17.9 Å². The van der Waals surface area contributed by atoms with Crippen LogP contribution in [0.1, 0.15) is 37.3 Å². The Morgan fingerprint density at radius 2 is 1.85 bits per heavy atom. The lowest BCUT2D eigenvalue weighted by Crippen LogP contribution is -2.56. The Bertz CT molecular complexity index is 1350. The van der Waals surface area contributed by atoms with E-state index in [0.717, 1.165) is 17.2 Å². The fourth-order valence-corrected chi connectivity index (χ4v) is 4.69. The molecular formula is C31H34ClFN4O4. The Balaban J connectivity index is 1.77. The first-order chi connectivity index (χ1) is 19.7. The molecule has 8 nitrogen and oxygen atoms in total. The number of hydrogen-bond donors (Lipinski definition) is 3. The third-order valence-corrected chi connectivity index (χ3v) is 7.08. The number of para-hydroxylation sites is 1. The van der Waals surface area contributed by atoms with Crippen molar-refractivity contribution in [1.29, 1.82) is 0 Å². The van der Waals surface area contributed by atoms with Crippen molar-refractivity contribution in [2.75, 3.05) is 11.9 Å². The van der Waals surface area contributed by atoms with E-state index in [1.165, 1.54) is 17.0 Å². The first kappa shape index (κ1) is 31.4. The lowest BCUT2D eigenvalue weighted by atomic mass is 9.92. The number of Topliss-reactive ketones (excluding diaryl/α,β-unsaturated/α-hetero) is 1. The minimum Gasteiger partial charge on any atom is -0.342 e. The van der Waals surface area contributed by atoms with E-state index in [1.54, 1.807) is 31.2 Å². The zero-order valence-corrected chi connectivity index (χ0v) is 23.6. The fraction of sp³-hybridized carbons (Fsp3) is 0.290. The van der Waals surface area contributed by atoms with Crippen molar-refractivity contribution in [1.82, 2.24) is 10.2 Å². The van der Waals surface area contributed by atoms with Gasteiger partial charge in [-0.05, 0) is 48.7 Å². The van der Waals surface area contributed by atoms with Crippen molar-refractivity contribution in [2.45, 2.75) is 51.2 Å². The Morgan fingerprint density at radius 1 is 1.12 bits per heavy atom. The van der Waals surface area contributed by atoms with Gasteiger partial charge in [-0.1, -0.05) is 72.8 Å². The Kier molecular flexibility index (Phi) is 11.6. The number of rotatable bonds is 12. The van der Waals surface area contributed by atoms with E-state index in [-0.39, 0.29) is 61.2 Å². The molecule has 0 unspecified atom stereocenters. The zero-order valence-electron chi connectivity index (χ0n) is 22.9. The number of fused-ring (bicyclic) bond motifs is 1. The topological polar surface area (TPSA) is 122 Å². The van der Waals surface area contributed by atoms with Crippen molar-refractivity contribution in [3.63, 3.8) is 0 Å². The smallest absolute Gasteiger partial charge is 0.247 e. The van der Waals surface area contributed by atoms with Gasteiger partial charge < -0.3 is 21.3 Å². The van der Waals surface area contributed by atoms with E-state index in [0.29, 0.717) is 5.57 Å². The number of nitrogens with one attached hydrogen (secondary N) is 2. The number of nitrogens with zero attached hydrogens (tertiary/aromatic N) is 1. The van der Waals surface area contributed by atoms with Crippen LogP contribution < -0.4 is 16.4 Å². The summed E-state index contributed by atoms with van der Waals surface area (Å²) < 4.78 is 14.3. The largest absolute Gasteiger partial charge is 0.342 e. The van der Waals surface area contributed by atoms with Crippen LogP contribution in [0.2, 0.25) is 5.02 Å². The Labute approximate surface area is 244 Å². The summed E-state index contributed by atoms with van der Waals surface area (Å²) in [5.74, 6) is -2.51. The summed E-state index contributed by atoms with van der Waals surface area (Å²) in [6.45, 7) is 5.50. The number of halogens is 2. The molecule has 1 aliphatic rings. The monoisotopic (exact) mass is 580 g/mol. The van der Waals surface area contributed by atoms with Gasteiger partial charge in [0.25, 0.3) is 0 Å². The van der Waals surface area contributed by atoms with E-state index in [2.05, 4.69) is 17.2 Å². The highest BCUT2D eigenvalue weighted by molar-refractivity contribution is 6.33. The molecule has 10 heteroatoms. The highest BCUT2D eigenvalue weighted by atomic mass is 35.5. The lowest BCUT2D eigenvalue weighted by molar-refractivity contribution is -0.143. The summed E-state index contributed by atoms with van der Waals surface area (Å²) >= 11 is 6.04. The maximum atomic E-state index is 14.3. The molecule has 0 fully saturated rings. The van der Waals surface area contributed by atoms with Crippen molar-refractivity contribution in [2.24, 2.45) is 5.73 Å². The average molecular weight is 581 g/mol. The second-order valence-corrected chi connectivity index (χ2v) is 10.0. The molecule has 4 N–H and O–H groups in total. The summed E-state index contributed by atoms with van der Waals surface area (Å²) in [4.78, 5) is 54.0. The normalized spacial score (nSPS) is 15.7. The third kappa shape index (κ3) is 8.45. The minimum atomic E-state index is -1.10. The van der Waals surface area contributed by atoms with Crippen LogP contribution in [-0.4, -0.2) is 47.0 Å². The molecule has 0 saturated heterocycles. The molecule has 0 bridgehead atoms. The molecule has 0 aliphatic carbocycles. The van der Waals surface area contributed by atoms with Gasteiger partial charge >= 0.3 is 0 Å². The summed E-state index contributed by atoms with van der Waals surface area (Å²) in [5, 5.41) is 5.13. The maximum absolute atomic E-state index is 14.3. The van der Waals surface area contributed by atoms with Crippen molar-refractivity contribution >= 4 is 40.8 Å². The Morgan fingerprint density at radius 3 is 2.54 bits per heavy atom. The first-order valence-electron chi connectivity index (χ1n) is 13.3. The number of anilines is 1. The summed E-state index contributed by atoms with van der Waals surface area (Å²) in [6.07, 6.45) is 6.83. The SMILES string of the molecule is C=C/C=C\C=C(/C)C(=O)CCC(=O)N1Cc2ccccc2C[C@H]1C(=O)N[C@@H](CCN)C(=O)Nc1c(F)cccc1Cl. The van der Waals surface area contributed by atoms with Crippen LogP contribution in [0.4, 0.5) is 10.1 Å². The first-order valence-corrected chi connectivity index (χ1v) is 13.6. The maximum Gasteiger partial charge on any atom is 0.247 e. The molecule has 1 aliphatic heterocycles. The number of hydrogen-bond acceptors (Lipinski definition) is 5. The van der Waals surface area contributed by atoms with Gasteiger partial charge in [0.15, 0.2) is 5.78 Å². The quantitative estimate of drug-likeness (QED) is 0.256. The molecule has 2 atom stereocenters. The van der Waals surface area contributed by atoms with Gasteiger partial charge in [0.2, 0.25) is 17.7 Å². The van der Waals surface area contributed by atoms with Gasteiger partial charge in [-0.15, -0.1) is 0 Å². The minimum absolute atomic E-state index is 0.00758. The fourth-order valence-electron chi connectivity index (χ4n) is 4.48. The zero-order chi connectivity index (χ0) is 29.9. The number of benzene rings is 2. The molecule has 2 aromatic carbocycles. The van der Waals surface area contributed by atoms with Gasteiger partial charge in [-0.25, -0.2) is 4.39 Å². The predicted molar refractivity (Wildman–Crippen MR) is 157 cm³/mol. The van der Waals surface area contributed by atoms with E-state index in [1.807, 2.05) is 24.3 Å². The van der Waals surface area contributed by atoms with E-state index >= 15 is 0 Å². The second-order valence-electron chi connectivity index (χ2n) is 9.63. The molecule has 0 radical (unpaired) electrons. The van der Waals surface area contributed by atoms with E-state index in [4.69, 9.17) is 17.3 Å². The Hall–Kier alpha value is -4.08. The van der Waals surface area contributed by atoms with E-state index < -0.39 is 29.7 Å². The molecule has 1 heterocycles. The average Bonchev–Trinajstić information content (AvgIpc) is 2.96. The lowest BCUT2D eigenvalue weighted by Gasteiger charge is -2.36. The highest BCUT2D eigenvalue weighted by Crippen LogP contribution is 2.26. The molecule has 0 aromatic heterocycles. The highest BCUT2D eigenvalue weighted by Gasteiger charge is 2.36. The van der Waals surface area contributed by atoms with E-state index in [9.17, 15) is 23.6 Å². The van der Waals surface area contributed by atoms with Gasteiger partial charge in [0.05, 0.1) is 10.7 Å². The predicted octanol–water partition coefficient (Wildman–Crippen LogP) is 4.24. The summed E-state index contributed by atoms with van der Waals surface area (Å²) in [7, 11) is 0. The number of amides is 3. The second kappa shape index (κ2) is 15.1. The van der Waals surface area contributed by atoms with Crippen LogP contribution in [0.25, 0.3) is 0 Å². The van der Waals surface area contributed by atoms with Crippen LogP contribution in [0.15, 0.2) is 78.9 Å². The summed E-state index contributed by atoms with van der Waals surface area (Å²) in [5.41, 5.74) is 7.80. The van der Waals surface area contributed by atoms with Crippen molar-refractivity contribution in [3.8, 4) is 0 Å². The number of ketones is 1. The van der Waals surface area contributed by atoms with Crippen LogP contribution in [0.5, 0.6) is 0 Å². The number of nitrogens with two attached hydrogens (primary N) is 1. The summed E-state index contributed by atoms with van der Waals surface area (Å²) in [6, 6.07) is 9.44. The molecule has 3 rings (SSSR count). The standard InChI is InChI=1S/C31H34ClFN4O4/c1-3-4-5-9-20(2)27(38)14-15-28(39)37-19-22-11-7-6-10-21(22)18-26(37)31(41)35-25(16-17-34)30(40)36-29-23(32)12-8-13-24(29)33/h3-13,25-26H,1,14-19,34H2,2H3,(H,35,41)(H,36,40)/b5-4-,20-9+/t25-,26-/m0/s1. The molecule has 0 saturated carbocycles. The van der Waals surface area contributed by atoms with Crippen LogP contribution in [0, 0.1) is 5.82 Å². The molecule has 41 heavy (non-hydrogen) atoms. The van der Waals surface area contributed by atoms with Gasteiger partial charge in [-0.3, -0.25) is 19.2 Å². The number of carbonyl (C=O) groups is 4. The molecule has 0 spiro atoms. The molecule has 216 valence electrons. The van der Waals surface area contributed by atoms with Crippen LogP contribution in [0.3, 0.4) is 0 Å². The van der Waals surface area contributed by atoms with Gasteiger partial charge in [-0.2, -0.15) is 0 Å². The number of allylic oxidation sites excluding steroid dienone is 5. The molecule has 3 amide bonds. The van der Waals surface area contributed by atoms with Crippen molar-refractivity contribution < 1.29 is 23.6 Å². The molecular weight excluding hydrogens is 547 g/mol. The van der Waals surface area contributed by atoms with Crippen LogP contribution >= 0.6 is 11.6 Å². The number of carbonyl (C=O) groups excluding carboxylic acids is 4.